The molecular weight excluding hydrogens is 601 g/mol. The lowest BCUT2D eigenvalue weighted by atomic mass is 9.97. The molecule has 1 N–H and O–H groups in total. The number of benzene rings is 1. The number of thioether (sulfide) groups is 1. The van der Waals surface area contributed by atoms with E-state index in [0.29, 0.717) is 5.30 Å². The first-order chi connectivity index (χ1) is 19.3. The number of ether oxygens (including phenoxy) is 5. The highest BCUT2D eigenvalue weighted by Gasteiger charge is 2.53. The van der Waals surface area contributed by atoms with Crippen LogP contribution in [-0.4, -0.2) is 90.1 Å². The van der Waals surface area contributed by atoms with Crippen molar-refractivity contribution in [2.75, 3.05) is 19.5 Å². The normalized spacial score (nSPS) is 26.7. The molecule has 1 aromatic rings. The van der Waals surface area contributed by atoms with Gasteiger partial charge in [-0.3, -0.25) is 24.0 Å². The number of hydrogen-bond donors (Lipinski definition) is 1. The highest BCUT2D eigenvalue weighted by molar-refractivity contribution is 8.16. The van der Waals surface area contributed by atoms with Crippen LogP contribution in [0.15, 0.2) is 35.3 Å². The van der Waals surface area contributed by atoms with Crippen molar-refractivity contribution in [3.05, 3.63) is 30.3 Å². The van der Waals surface area contributed by atoms with Gasteiger partial charge in [-0.2, -0.15) is 5.20 Å². The summed E-state index contributed by atoms with van der Waals surface area (Å²) in [5, 5.41) is 4.86. The molecule has 2 aliphatic heterocycles. The molecule has 1 unspecified atom stereocenters. The molecule has 2 fully saturated rings. The maximum absolute atomic E-state index is 12.9. The van der Waals surface area contributed by atoms with Crippen LogP contribution in [0.1, 0.15) is 27.7 Å². The second kappa shape index (κ2) is 14.3. The highest BCUT2D eigenvalue weighted by atomic mass is 32.4. The summed E-state index contributed by atoms with van der Waals surface area (Å²) in [7, 11) is 1.42. The number of esters is 4. The van der Waals surface area contributed by atoms with Gasteiger partial charge in [0.2, 0.25) is 0 Å². The first-order valence-corrected chi connectivity index (χ1v) is 15.9. The standard InChI is InChI=1S/C24H30N3O11PS2/c1-13(28)34-11-18-20(35-14(2)29)21(36-15(3)30)22(37-16(4)31)23(38-18)25-24-27(19(32)12-41-24)26-39(40,33-5)17-9-7-6-8-10-17/h6-10,18,20-23H,11-12H2,1-5H3,(H,26,40)/t18-,20-,21+,22-,23-,39?/m1/s1. The first kappa shape index (κ1) is 32.6. The fourth-order valence-electron chi connectivity index (χ4n) is 3.93. The Balaban J connectivity index is 2.04. The predicted molar refractivity (Wildman–Crippen MR) is 149 cm³/mol. The third kappa shape index (κ3) is 8.56. The maximum Gasteiger partial charge on any atom is 0.303 e. The van der Waals surface area contributed by atoms with Gasteiger partial charge in [0.05, 0.1) is 5.75 Å². The highest BCUT2D eigenvalue weighted by Crippen LogP contribution is 2.42. The summed E-state index contributed by atoms with van der Waals surface area (Å²) in [4.78, 5) is 65.1. The second-order valence-corrected chi connectivity index (χ2v) is 13.4. The van der Waals surface area contributed by atoms with Crippen LogP contribution in [0, 0.1) is 0 Å². The number of carbonyl (C=O) groups is 5. The van der Waals surface area contributed by atoms with Gasteiger partial charge in [0, 0.05) is 40.1 Å². The summed E-state index contributed by atoms with van der Waals surface area (Å²) >= 11 is 6.81. The maximum atomic E-state index is 12.9. The topological polar surface area (TPSA) is 168 Å². The van der Waals surface area contributed by atoms with Gasteiger partial charge in [-0.15, -0.1) is 0 Å². The van der Waals surface area contributed by atoms with E-state index < -0.39 is 67.5 Å². The number of carbonyl (C=O) groups excluding carboxylic acids is 5. The van der Waals surface area contributed by atoms with Crippen molar-refractivity contribution in [1.82, 2.24) is 10.2 Å². The summed E-state index contributed by atoms with van der Waals surface area (Å²) in [6, 6.07) is 8.91. The zero-order chi connectivity index (χ0) is 30.3. The third-order valence-electron chi connectivity index (χ3n) is 5.55. The van der Waals surface area contributed by atoms with E-state index in [1.165, 1.54) is 14.0 Å². The minimum atomic E-state index is -2.97. The summed E-state index contributed by atoms with van der Waals surface area (Å²) in [6.07, 6.45) is -9.71. The lowest BCUT2D eigenvalue weighted by Gasteiger charge is -2.43. The quantitative estimate of drug-likeness (QED) is 0.219. The Morgan fingerprint density at radius 1 is 1.00 bits per heavy atom. The van der Waals surface area contributed by atoms with E-state index in [1.54, 1.807) is 24.3 Å². The van der Waals surface area contributed by atoms with Gasteiger partial charge in [0.15, 0.2) is 36.1 Å². The molecule has 17 heteroatoms. The third-order valence-corrected chi connectivity index (χ3v) is 9.77. The average Bonchev–Trinajstić information content (AvgIpc) is 3.24. The van der Waals surface area contributed by atoms with Crippen molar-refractivity contribution >= 4 is 70.2 Å². The molecular formula is C24H30N3O11PS2. The van der Waals surface area contributed by atoms with Crippen molar-refractivity contribution < 1.29 is 52.2 Å². The first-order valence-electron chi connectivity index (χ1n) is 12.2. The van der Waals surface area contributed by atoms with E-state index in [1.807, 2.05) is 6.07 Å². The van der Waals surface area contributed by atoms with Crippen molar-refractivity contribution in [3.63, 3.8) is 0 Å². The predicted octanol–water partition coefficient (Wildman–Crippen LogP) is 0.787. The number of rotatable bonds is 10. The lowest BCUT2D eigenvalue weighted by molar-refractivity contribution is -0.251. The van der Waals surface area contributed by atoms with E-state index in [-0.39, 0.29) is 16.8 Å². The van der Waals surface area contributed by atoms with E-state index in [0.717, 1.165) is 37.5 Å². The van der Waals surface area contributed by atoms with Crippen LogP contribution in [0.2, 0.25) is 0 Å². The summed E-state index contributed by atoms with van der Waals surface area (Å²) in [6.45, 7) is 4.12. The number of hydrazine groups is 1. The average molecular weight is 632 g/mol. The molecule has 1 amide bonds. The van der Waals surface area contributed by atoms with Crippen LogP contribution in [0.3, 0.4) is 0 Å². The minimum absolute atomic E-state index is 0.00898. The molecule has 0 bridgehead atoms. The molecule has 1 aromatic carbocycles. The van der Waals surface area contributed by atoms with Gasteiger partial charge in [-0.1, -0.05) is 42.1 Å². The molecule has 3 rings (SSSR count). The Hall–Kier alpha value is -2.88. The molecule has 6 atom stereocenters. The van der Waals surface area contributed by atoms with Crippen molar-refractivity contribution in [2.24, 2.45) is 4.99 Å². The number of aliphatic imine (C=N–C) groups is 1. The Labute approximate surface area is 245 Å². The molecule has 0 aromatic heterocycles. The van der Waals surface area contributed by atoms with Crippen molar-refractivity contribution in [1.29, 1.82) is 0 Å². The van der Waals surface area contributed by atoms with Crippen LogP contribution < -0.4 is 10.5 Å². The van der Waals surface area contributed by atoms with Crippen LogP contribution in [0.4, 0.5) is 0 Å². The molecule has 0 aliphatic carbocycles. The number of nitrogens with one attached hydrogen (secondary N) is 1. The van der Waals surface area contributed by atoms with Gasteiger partial charge < -0.3 is 28.2 Å². The Morgan fingerprint density at radius 2 is 1.59 bits per heavy atom. The van der Waals surface area contributed by atoms with Crippen LogP contribution in [0.5, 0.6) is 0 Å². The Bertz CT molecular complexity index is 1250. The molecule has 0 saturated carbocycles. The van der Waals surface area contributed by atoms with Crippen molar-refractivity contribution in [3.8, 4) is 0 Å². The molecule has 14 nitrogen and oxygen atoms in total. The number of amidine groups is 1. The molecule has 0 spiro atoms. The van der Waals surface area contributed by atoms with E-state index >= 15 is 0 Å². The second-order valence-electron chi connectivity index (χ2n) is 8.69. The molecule has 2 saturated heterocycles. The zero-order valence-electron chi connectivity index (χ0n) is 22.8. The van der Waals surface area contributed by atoms with Gasteiger partial charge in [-0.05, 0) is 11.8 Å². The van der Waals surface area contributed by atoms with Gasteiger partial charge >= 0.3 is 23.9 Å². The smallest absolute Gasteiger partial charge is 0.303 e. The number of hydrogen-bond acceptors (Lipinski definition) is 14. The molecule has 224 valence electrons. The molecule has 41 heavy (non-hydrogen) atoms. The monoisotopic (exact) mass is 631 g/mol. The number of amides is 1. The van der Waals surface area contributed by atoms with Crippen molar-refractivity contribution in [2.45, 2.75) is 58.3 Å². The Kier molecular flexibility index (Phi) is 11.4. The minimum Gasteiger partial charge on any atom is -0.463 e. The largest absolute Gasteiger partial charge is 0.463 e. The van der Waals surface area contributed by atoms with Crippen LogP contribution >= 0.6 is 18.2 Å². The fourth-order valence-corrected chi connectivity index (χ4v) is 6.89. The summed E-state index contributed by atoms with van der Waals surface area (Å²) < 4.78 is 33.0. The van der Waals surface area contributed by atoms with Gasteiger partial charge in [-0.25, -0.2) is 10.0 Å². The zero-order valence-corrected chi connectivity index (χ0v) is 25.4. The summed E-state index contributed by atoms with van der Waals surface area (Å²) in [5.41, 5.74) is 0. The SMILES string of the molecule is COP(=S)(NN1C(=O)CSC1=N[C@@H]1O[C@H](COC(C)=O)[C@@H](OC(C)=O)[C@H](OC(C)=O)[C@H]1OC(C)=O)c1ccccc1. The fraction of sp³-hybridized carbons (Fsp3) is 0.500. The van der Waals surface area contributed by atoms with E-state index in [9.17, 15) is 24.0 Å². The molecule has 0 radical (unpaired) electrons. The van der Waals surface area contributed by atoms with Crippen LogP contribution in [-0.2, 0) is 64.0 Å². The van der Waals surface area contributed by atoms with E-state index in [4.69, 9.17) is 40.0 Å². The van der Waals surface area contributed by atoms with Gasteiger partial charge in [0.1, 0.15) is 12.7 Å². The van der Waals surface area contributed by atoms with E-state index in [2.05, 4.69) is 10.2 Å². The van der Waals surface area contributed by atoms with Crippen LogP contribution in [0.25, 0.3) is 0 Å². The van der Waals surface area contributed by atoms with Gasteiger partial charge in [0.25, 0.3) is 5.91 Å². The Morgan fingerprint density at radius 3 is 2.15 bits per heavy atom. The lowest BCUT2D eigenvalue weighted by Crippen LogP contribution is -2.62. The molecule has 2 heterocycles. The number of nitrogens with zero attached hydrogens (tertiary/aromatic N) is 2. The molecule has 2 aliphatic rings. The summed E-state index contributed by atoms with van der Waals surface area (Å²) in [5.74, 6) is -3.35.